The molecule has 6 rings (SSSR count). The molecule has 0 spiro atoms. The normalized spacial score (nSPS) is 11.9. The monoisotopic (exact) mass is 964 g/mol. The van der Waals surface area contributed by atoms with E-state index in [2.05, 4.69) is 30.7 Å². The van der Waals surface area contributed by atoms with Crippen molar-refractivity contribution in [2.24, 2.45) is 30.7 Å². The van der Waals surface area contributed by atoms with Crippen molar-refractivity contribution in [2.45, 2.75) is 9.79 Å². The van der Waals surface area contributed by atoms with E-state index < -0.39 is 42.0 Å². The maximum Gasteiger partial charge on any atom is 1.00 e. The third-order valence-corrected chi connectivity index (χ3v) is 10.1. The molecule has 66 heavy (non-hydrogen) atoms. The molecule has 0 bridgehead atoms. The van der Waals surface area contributed by atoms with E-state index in [1.54, 1.807) is 0 Å². The Morgan fingerprint density at radius 2 is 0.682 bits per heavy atom. The quantitative estimate of drug-likeness (QED) is 0.0248. The van der Waals surface area contributed by atoms with Gasteiger partial charge in [-0.2, -0.15) is 20.5 Å². The van der Waals surface area contributed by atoms with Gasteiger partial charge in [0.1, 0.15) is 31.6 Å². The van der Waals surface area contributed by atoms with Crippen LogP contribution in [0.5, 0.6) is 0 Å². The Bertz CT molecular complexity index is 2880. The molecule has 26 heteroatoms. The van der Waals surface area contributed by atoms with Crippen molar-refractivity contribution in [2.75, 3.05) is 0 Å². The van der Waals surface area contributed by atoms with Crippen molar-refractivity contribution in [3.63, 3.8) is 0 Å². The number of carbonyl (C=O) groups excluding carboxylic acids is 2. The van der Waals surface area contributed by atoms with Gasteiger partial charge in [-0.15, -0.1) is 0 Å². The van der Waals surface area contributed by atoms with Crippen LogP contribution in [0.4, 0.5) is 45.5 Å². The number of carboxylic acids is 2. The summed E-state index contributed by atoms with van der Waals surface area (Å²) >= 11 is 0. The zero-order chi connectivity index (χ0) is 44.6. The summed E-state index contributed by atoms with van der Waals surface area (Å²) in [5.41, 5.74) is 0.249. The average molecular weight is 965 g/mol. The van der Waals surface area contributed by atoms with E-state index >= 15 is 0 Å². The van der Waals surface area contributed by atoms with Gasteiger partial charge in [0.2, 0.25) is 11.4 Å². The number of aromatic carboxylic acids is 2. The van der Waals surface area contributed by atoms with Crippen LogP contribution in [0.25, 0.3) is 12.2 Å². The Kier molecular flexibility index (Phi) is 22.7. The molecule has 0 aliphatic carbocycles. The van der Waals surface area contributed by atoms with E-state index in [1.165, 1.54) is 97.1 Å². The molecule has 0 atom stereocenters. The predicted octanol–water partition coefficient (Wildman–Crippen LogP) is -4.91. The molecule has 0 heterocycles. The summed E-state index contributed by atoms with van der Waals surface area (Å²) in [6.07, 6.45) is 2.05. The number of nitrogens with zero attached hydrogens (tertiary/aromatic N) is 8. The fourth-order valence-electron chi connectivity index (χ4n) is 5.23. The van der Waals surface area contributed by atoms with Crippen molar-refractivity contribution < 1.29 is 174 Å². The first-order valence-electron chi connectivity index (χ1n) is 17.4. The SMILES string of the molecule is O=C([O-])c1ccc(N=Nc2ccc(N=[N+]([O-])c3ccc(C=Cc4ccc([N+]([O-])=Nc5ccc(N=Nc6ccc(C(=O)[O-])cc6)cc5)cc4S(=O)(=O)[O-])c(S(=O)(=O)[O-])c3)cc2)cc1.[Na+].[Na+].[Na+].[Na+]. The van der Waals surface area contributed by atoms with Crippen LogP contribution in [0.1, 0.15) is 31.8 Å². The Labute approximate surface area is 464 Å². The maximum atomic E-state index is 12.9. The molecule has 0 radical (unpaired) electrons. The van der Waals surface area contributed by atoms with Crippen molar-refractivity contribution in [1.82, 2.24) is 0 Å². The number of rotatable bonds is 14. The van der Waals surface area contributed by atoms with Crippen molar-refractivity contribution in [3.8, 4) is 0 Å². The minimum atomic E-state index is -5.25. The fraction of sp³-hybridized carbons (Fsp3) is 0. The van der Waals surface area contributed by atoms with Crippen LogP contribution in [0.2, 0.25) is 0 Å². The number of hydrogen-bond acceptors (Lipinski definition) is 18. The van der Waals surface area contributed by atoms with Gasteiger partial charge in [-0.05, 0) is 107 Å². The van der Waals surface area contributed by atoms with Gasteiger partial charge in [0.15, 0.2) is 0 Å². The second-order valence-electron chi connectivity index (χ2n) is 12.5. The van der Waals surface area contributed by atoms with E-state index in [-0.39, 0.29) is 173 Å². The molecule has 0 amide bonds. The van der Waals surface area contributed by atoms with Crippen LogP contribution in [-0.2, 0) is 20.2 Å². The molecule has 6 aromatic carbocycles. The summed E-state index contributed by atoms with van der Waals surface area (Å²) in [5.74, 6) is -2.68. The van der Waals surface area contributed by atoms with Crippen LogP contribution in [0.15, 0.2) is 174 Å². The summed E-state index contributed by atoms with van der Waals surface area (Å²) in [5, 5.41) is 71.3. The third-order valence-electron chi connectivity index (χ3n) is 8.30. The van der Waals surface area contributed by atoms with Crippen LogP contribution >= 0.6 is 0 Å². The maximum absolute atomic E-state index is 12.9. The van der Waals surface area contributed by atoms with E-state index in [1.807, 2.05) is 0 Å². The molecule has 312 valence electrons. The summed E-state index contributed by atoms with van der Waals surface area (Å²) < 4.78 is 73.6. The Morgan fingerprint density at radius 1 is 0.424 bits per heavy atom. The number of azo groups is 4. The molecule has 0 saturated heterocycles. The second kappa shape index (κ2) is 25.8. The molecular weight excluding hydrogens is 941 g/mol. The number of hydrogen-bond donors (Lipinski definition) is 0. The molecule has 0 aromatic heterocycles. The zero-order valence-corrected chi connectivity index (χ0v) is 44.8. The zero-order valence-electron chi connectivity index (χ0n) is 35.1. The van der Waals surface area contributed by atoms with E-state index in [0.717, 1.165) is 48.6 Å². The first-order chi connectivity index (χ1) is 29.4. The van der Waals surface area contributed by atoms with Gasteiger partial charge in [0.25, 0.3) is 0 Å². The minimum absolute atomic E-state index is 0. The predicted molar refractivity (Wildman–Crippen MR) is 211 cm³/mol. The van der Waals surface area contributed by atoms with E-state index in [9.17, 15) is 56.2 Å². The molecule has 0 N–H and O–H groups in total. The first kappa shape index (κ1) is 57.9. The van der Waals surface area contributed by atoms with Crippen LogP contribution < -0.4 is 128 Å². The topological polar surface area (TPSA) is 321 Å². The van der Waals surface area contributed by atoms with Gasteiger partial charge < -0.3 is 39.3 Å². The number of carbonyl (C=O) groups is 2. The Morgan fingerprint density at radius 3 is 0.939 bits per heavy atom. The molecule has 20 nitrogen and oxygen atoms in total. The van der Waals surface area contributed by atoms with Crippen molar-refractivity contribution >= 4 is 89.8 Å². The van der Waals surface area contributed by atoms with Gasteiger partial charge in [-0.25, -0.2) is 16.8 Å². The fourth-order valence-corrected chi connectivity index (χ4v) is 6.61. The van der Waals surface area contributed by atoms with E-state index in [4.69, 9.17) is 0 Å². The van der Waals surface area contributed by atoms with E-state index in [0.29, 0.717) is 22.7 Å². The third kappa shape index (κ3) is 16.3. The largest absolute Gasteiger partial charge is 1.00 e. The Hall–Kier alpha value is -4.18. The molecule has 0 fully saturated rings. The van der Waals surface area contributed by atoms with Gasteiger partial charge in [-0.1, -0.05) is 46.1 Å². The van der Waals surface area contributed by atoms with Crippen LogP contribution in [-0.4, -0.2) is 47.6 Å². The summed E-state index contributed by atoms with van der Waals surface area (Å²) in [6.45, 7) is 0. The molecular formula is C40H24N8Na4O12S2. The van der Waals surface area contributed by atoms with Gasteiger partial charge in [0.05, 0.1) is 44.5 Å². The smallest absolute Gasteiger partial charge is 0.744 e. The van der Waals surface area contributed by atoms with Gasteiger partial charge in [-0.3, -0.25) is 0 Å². The van der Waals surface area contributed by atoms with Crippen molar-refractivity contribution in [1.29, 1.82) is 0 Å². The number of carboxylic acid groups (broad SMARTS) is 2. The molecule has 0 saturated carbocycles. The standard InChI is InChI=1S/C40H28N8O12S2.4Na/c49-39(50)27-3-9-29(10-4-27)41-43-31-13-17-33(18-14-31)45-47(53)35-21-7-25(37(23-35)61(55,56)57)1-2-26-8-22-36(24-38(26)62(58,59)60)48(54)46-34-19-15-32(16-20-34)44-42-30-11-5-28(6-12-30)40(51)52;;;;/h1-24H,(H,49,50)(H,51,52)(H,55,56,57)(H,58,59,60);;;;/q;4*+1/p-4. The second-order valence-corrected chi connectivity index (χ2v) is 15.2. The number of benzene rings is 6. The van der Waals surface area contributed by atoms with Crippen molar-refractivity contribution in [3.05, 3.63) is 166 Å². The molecule has 6 aromatic rings. The Balaban J connectivity index is 0.00000374. The summed E-state index contributed by atoms with van der Waals surface area (Å²) in [6, 6.07) is 28.3. The minimum Gasteiger partial charge on any atom is -0.744 e. The average Bonchev–Trinajstić information content (AvgIpc) is 3.24. The molecule has 0 aliphatic rings. The van der Waals surface area contributed by atoms with Gasteiger partial charge in [0, 0.05) is 34.5 Å². The first-order valence-corrected chi connectivity index (χ1v) is 20.2. The van der Waals surface area contributed by atoms with Crippen LogP contribution in [0.3, 0.4) is 0 Å². The van der Waals surface area contributed by atoms with Gasteiger partial charge >= 0.3 is 118 Å². The molecule has 0 unspecified atom stereocenters. The van der Waals surface area contributed by atoms with Crippen LogP contribution in [0, 0.1) is 10.4 Å². The summed E-state index contributed by atoms with van der Waals surface area (Å²) in [4.78, 5) is 20.2. The molecule has 0 aliphatic heterocycles. The summed E-state index contributed by atoms with van der Waals surface area (Å²) in [7, 11) is -10.5.